The van der Waals surface area contributed by atoms with Crippen LogP contribution in [0.15, 0.2) is 126 Å². The van der Waals surface area contributed by atoms with E-state index in [1.165, 1.54) is 11.8 Å². The number of nitrogens with one attached hydrogen (secondary N) is 4. The lowest BCUT2D eigenvalue weighted by atomic mass is 10.1. The van der Waals surface area contributed by atoms with Crippen LogP contribution >= 0.6 is 23.1 Å². The third-order valence-corrected chi connectivity index (χ3v) is 9.45. The molecule has 11 heteroatoms. The molecule has 0 saturated heterocycles. The molecule has 0 bridgehead atoms. The van der Waals surface area contributed by atoms with Crippen molar-refractivity contribution in [2.24, 2.45) is 0 Å². The van der Waals surface area contributed by atoms with Gasteiger partial charge in [-0.25, -0.2) is 0 Å². The zero-order chi connectivity index (χ0) is 34.8. The third-order valence-electron chi connectivity index (χ3n) is 7.15. The molecule has 244 valence electrons. The normalized spacial score (nSPS) is 11.5. The maximum Gasteiger partial charge on any atom is 0.272 e. The predicted octanol–water partition coefficient (Wildman–Crippen LogP) is 7.71. The van der Waals surface area contributed by atoms with Gasteiger partial charge in [-0.05, 0) is 73.5 Å². The van der Waals surface area contributed by atoms with Crippen molar-refractivity contribution in [3.63, 3.8) is 0 Å². The molecule has 49 heavy (non-hydrogen) atoms. The molecule has 4 aromatic carbocycles. The summed E-state index contributed by atoms with van der Waals surface area (Å²) < 4.78 is 0. The van der Waals surface area contributed by atoms with Gasteiger partial charge in [0.25, 0.3) is 17.7 Å². The van der Waals surface area contributed by atoms with E-state index in [1.807, 2.05) is 42.5 Å². The molecule has 5 aromatic rings. The van der Waals surface area contributed by atoms with Gasteiger partial charge < -0.3 is 21.3 Å². The number of hydrogen-bond acceptors (Lipinski definition) is 7. The fourth-order valence-corrected chi connectivity index (χ4v) is 6.62. The van der Waals surface area contributed by atoms with Crippen LogP contribution in [-0.2, 0) is 9.59 Å². The number of thiophene rings is 1. The van der Waals surface area contributed by atoms with Crippen LogP contribution in [0.2, 0.25) is 0 Å². The number of rotatable bonds is 11. The van der Waals surface area contributed by atoms with Crippen molar-refractivity contribution in [2.45, 2.75) is 24.0 Å². The van der Waals surface area contributed by atoms with Gasteiger partial charge in [0.1, 0.15) is 16.8 Å². The fraction of sp³-hybridized carbons (Fsp3) is 0.0789. The Bertz CT molecular complexity index is 2060. The molecular formula is C38H31N5O4S2. The predicted molar refractivity (Wildman–Crippen MR) is 196 cm³/mol. The Balaban J connectivity index is 1.26. The molecule has 4 N–H and O–H groups in total. The van der Waals surface area contributed by atoms with Gasteiger partial charge in [-0.2, -0.15) is 5.26 Å². The lowest BCUT2D eigenvalue weighted by Gasteiger charge is -2.14. The Morgan fingerprint density at radius 1 is 0.776 bits per heavy atom. The molecule has 0 fully saturated rings. The SMILES string of the molecule is Cc1c(C(=O)Nc2ccccc2)sc(NC(=O)C(C)Sc2cccc(NC(=O)/C(=C/c3ccccc3)NC(=O)c3ccccc3)c2)c1C#N. The Kier molecular flexibility index (Phi) is 11.4. The van der Waals surface area contributed by atoms with E-state index in [0.717, 1.165) is 16.9 Å². The first-order valence-corrected chi connectivity index (χ1v) is 16.8. The number of benzene rings is 4. The highest BCUT2D eigenvalue weighted by Crippen LogP contribution is 2.34. The van der Waals surface area contributed by atoms with E-state index in [1.54, 1.807) is 92.7 Å². The van der Waals surface area contributed by atoms with Crippen LogP contribution in [0, 0.1) is 18.3 Å². The Morgan fingerprint density at radius 3 is 2.08 bits per heavy atom. The smallest absolute Gasteiger partial charge is 0.272 e. The molecule has 0 radical (unpaired) electrons. The summed E-state index contributed by atoms with van der Waals surface area (Å²) in [6.45, 7) is 3.40. The quantitative estimate of drug-likeness (QED) is 0.0830. The average molecular weight is 686 g/mol. The van der Waals surface area contributed by atoms with Gasteiger partial charge in [0.15, 0.2) is 0 Å². The minimum atomic E-state index is -0.597. The van der Waals surface area contributed by atoms with Gasteiger partial charge in [-0.1, -0.05) is 72.8 Å². The van der Waals surface area contributed by atoms with Crippen LogP contribution in [0.3, 0.4) is 0 Å². The van der Waals surface area contributed by atoms with Crippen molar-refractivity contribution in [1.82, 2.24) is 5.32 Å². The number of nitriles is 1. The topological polar surface area (TPSA) is 140 Å². The summed E-state index contributed by atoms with van der Waals surface area (Å²) in [5.74, 6) is -1.67. The summed E-state index contributed by atoms with van der Waals surface area (Å²) in [6, 6.07) is 35.9. The first-order valence-electron chi connectivity index (χ1n) is 15.1. The minimum absolute atomic E-state index is 0.0576. The number of para-hydroxylation sites is 1. The molecule has 1 atom stereocenters. The molecule has 0 aliphatic carbocycles. The summed E-state index contributed by atoms with van der Waals surface area (Å²) in [5, 5.41) is 20.7. The summed E-state index contributed by atoms with van der Waals surface area (Å²) >= 11 is 2.31. The molecule has 0 aliphatic heterocycles. The van der Waals surface area contributed by atoms with Crippen LogP contribution < -0.4 is 21.3 Å². The van der Waals surface area contributed by atoms with Crippen molar-refractivity contribution >= 4 is 69.2 Å². The van der Waals surface area contributed by atoms with Crippen molar-refractivity contribution in [2.75, 3.05) is 16.0 Å². The molecule has 1 unspecified atom stereocenters. The molecule has 0 aliphatic rings. The number of carbonyl (C=O) groups excluding carboxylic acids is 4. The summed E-state index contributed by atoms with van der Waals surface area (Å²) in [4.78, 5) is 53.6. The van der Waals surface area contributed by atoms with E-state index >= 15 is 0 Å². The van der Waals surface area contributed by atoms with Crippen LogP contribution in [0.4, 0.5) is 16.4 Å². The van der Waals surface area contributed by atoms with Gasteiger partial charge >= 0.3 is 0 Å². The molecule has 9 nitrogen and oxygen atoms in total. The Hall–Kier alpha value is -5.96. The van der Waals surface area contributed by atoms with E-state index in [-0.39, 0.29) is 23.1 Å². The first-order chi connectivity index (χ1) is 23.7. The Labute approximate surface area is 292 Å². The van der Waals surface area contributed by atoms with Gasteiger partial charge in [0.05, 0.1) is 15.7 Å². The van der Waals surface area contributed by atoms with E-state index in [4.69, 9.17) is 0 Å². The largest absolute Gasteiger partial charge is 0.321 e. The number of nitrogens with zero attached hydrogens (tertiary/aromatic N) is 1. The maximum atomic E-state index is 13.5. The van der Waals surface area contributed by atoms with Crippen LogP contribution in [-0.4, -0.2) is 28.9 Å². The molecule has 1 heterocycles. The van der Waals surface area contributed by atoms with Crippen LogP contribution in [0.1, 0.15) is 43.6 Å². The summed E-state index contributed by atoms with van der Waals surface area (Å²) in [5.41, 5.74) is 3.00. The number of amides is 4. The third kappa shape index (κ3) is 9.10. The fourth-order valence-electron chi connectivity index (χ4n) is 4.64. The number of hydrogen-bond donors (Lipinski definition) is 4. The van der Waals surface area contributed by atoms with Crippen LogP contribution in [0.25, 0.3) is 6.08 Å². The first kappa shape index (κ1) is 34.4. The highest BCUT2D eigenvalue weighted by atomic mass is 32.2. The molecular weight excluding hydrogens is 655 g/mol. The Morgan fingerprint density at radius 2 is 1.41 bits per heavy atom. The second kappa shape index (κ2) is 16.2. The lowest BCUT2D eigenvalue weighted by molar-refractivity contribution is -0.115. The monoisotopic (exact) mass is 685 g/mol. The van der Waals surface area contributed by atoms with Gasteiger partial charge in [-0.3, -0.25) is 19.2 Å². The standard InChI is InChI=1S/C38H31N5O4S2/c1-24-31(23-39)38(49-33(24)37(47)40-28-17-10-5-11-18-28)43-34(44)25(2)48-30-20-12-19-29(22-30)41-36(46)32(21-26-13-6-3-7-14-26)42-35(45)27-15-8-4-9-16-27/h3-22,25H,1-2H3,(H,40,47)(H,41,46)(H,42,45)(H,43,44)/b32-21-. The van der Waals surface area contributed by atoms with Crippen molar-refractivity contribution in [3.8, 4) is 6.07 Å². The molecule has 4 amide bonds. The lowest BCUT2D eigenvalue weighted by Crippen LogP contribution is -2.30. The molecule has 1 aromatic heterocycles. The molecule has 0 spiro atoms. The highest BCUT2D eigenvalue weighted by molar-refractivity contribution is 8.00. The van der Waals surface area contributed by atoms with Gasteiger partial charge in [-0.15, -0.1) is 23.1 Å². The van der Waals surface area contributed by atoms with Crippen molar-refractivity contribution in [3.05, 3.63) is 148 Å². The minimum Gasteiger partial charge on any atom is -0.321 e. The van der Waals surface area contributed by atoms with Crippen LogP contribution in [0.5, 0.6) is 0 Å². The van der Waals surface area contributed by atoms with Gasteiger partial charge in [0.2, 0.25) is 5.91 Å². The maximum absolute atomic E-state index is 13.5. The van der Waals surface area contributed by atoms with E-state index in [9.17, 15) is 24.4 Å². The van der Waals surface area contributed by atoms with Crippen molar-refractivity contribution < 1.29 is 19.2 Å². The second-order valence-corrected chi connectivity index (χ2v) is 13.1. The number of carbonyl (C=O) groups is 4. The zero-order valence-electron chi connectivity index (χ0n) is 26.5. The zero-order valence-corrected chi connectivity index (χ0v) is 28.2. The van der Waals surface area contributed by atoms with Crippen molar-refractivity contribution in [1.29, 1.82) is 5.26 Å². The second-order valence-electron chi connectivity index (χ2n) is 10.7. The van der Waals surface area contributed by atoms with Gasteiger partial charge in [0, 0.05) is 21.8 Å². The van der Waals surface area contributed by atoms with E-state index in [2.05, 4.69) is 27.3 Å². The number of thioether (sulfide) groups is 1. The van der Waals surface area contributed by atoms with E-state index < -0.39 is 17.1 Å². The highest BCUT2D eigenvalue weighted by Gasteiger charge is 2.24. The molecule has 5 rings (SSSR count). The number of anilines is 3. The average Bonchev–Trinajstić information content (AvgIpc) is 3.43. The summed E-state index contributed by atoms with van der Waals surface area (Å²) in [7, 11) is 0. The molecule has 0 saturated carbocycles. The van der Waals surface area contributed by atoms with E-state index in [0.29, 0.717) is 37.3 Å². The summed E-state index contributed by atoms with van der Waals surface area (Å²) in [6.07, 6.45) is 1.60.